The lowest BCUT2D eigenvalue weighted by Crippen LogP contribution is -2.18. The average Bonchev–Trinajstić information content (AvgIpc) is 2.53. The Labute approximate surface area is 135 Å². The second-order valence-electron chi connectivity index (χ2n) is 5.28. The maximum atomic E-state index is 12.8. The normalized spacial score (nSPS) is 10.7. The predicted octanol–water partition coefficient (Wildman–Crippen LogP) is 3.09. The molecule has 2 aromatic carbocycles. The smallest absolute Gasteiger partial charge is 0.246 e. The highest BCUT2D eigenvalue weighted by atomic mass is 19.1. The Morgan fingerprint density at radius 2 is 1.91 bits per heavy atom. The summed E-state index contributed by atoms with van der Waals surface area (Å²) in [4.78, 5) is 13.0. The van der Waals surface area contributed by atoms with Gasteiger partial charge in [-0.05, 0) is 41.5 Å². The summed E-state index contributed by atoms with van der Waals surface area (Å²) in [6.07, 6.45) is 3.18. The largest absolute Gasteiger partial charge is 0.487 e. The molecule has 0 saturated carbocycles. The first kappa shape index (κ1) is 16.5. The number of anilines is 1. The molecule has 0 aliphatic rings. The third kappa shape index (κ3) is 4.85. The first-order chi connectivity index (χ1) is 11.0. The number of hydrogen-bond acceptors (Lipinski definition) is 3. The summed E-state index contributed by atoms with van der Waals surface area (Å²) >= 11 is 0. The van der Waals surface area contributed by atoms with Crippen molar-refractivity contribution in [2.24, 2.45) is 0 Å². The van der Waals surface area contributed by atoms with Crippen molar-refractivity contribution < 1.29 is 13.9 Å². The summed E-state index contributed by atoms with van der Waals surface area (Å²) in [5.74, 6) is 0.169. The number of amides is 1. The number of nitrogen functional groups attached to an aromatic ring is 1. The highest BCUT2D eigenvalue weighted by Crippen LogP contribution is 2.24. The van der Waals surface area contributed by atoms with Gasteiger partial charge in [0, 0.05) is 20.2 Å². The molecule has 4 nitrogen and oxygen atoms in total. The number of carbonyl (C=O) groups is 1. The number of nitrogens with zero attached hydrogens (tertiary/aromatic N) is 1. The van der Waals surface area contributed by atoms with Gasteiger partial charge in [0.15, 0.2) is 0 Å². The molecule has 0 unspecified atom stereocenters. The van der Waals surface area contributed by atoms with Crippen LogP contribution < -0.4 is 10.5 Å². The summed E-state index contributed by atoms with van der Waals surface area (Å²) in [5, 5.41) is 0. The van der Waals surface area contributed by atoms with Crippen LogP contribution in [0, 0.1) is 5.82 Å². The highest BCUT2D eigenvalue weighted by Gasteiger charge is 2.03. The number of likely N-dealkylation sites (N-methyl/N-ethyl adjacent to an activating group) is 1. The standard InChI is InChI=1S/C18H19FN2O2/c1-21(2)18(22)10-6-13-5-9-17(16(20)11-13)23-12-14-3-7-15(19)8-4-14/h3-11H,12,20H2,1-2H3/b10-6-. The number of carbonyl (C=O) groups excluding carboxylic acids is 1. The van der Waals surface area contributed by atoms with E-state index in [0.29, 0.717) is 18.0 Å². The van der Waals surface area contributed by atoms with Gasteiger partial charge in [-0.15, -0.1) is 0 Å². The van der Waals surface area contributed by atoms with Crippen LogP contribution in [0.15, 0.2) is 48.5 Å². The number of hydrogen-bond donors (Lipinski definition) is 1. The fourth-order valence-corrected chi connectivity index (χ4v) is 1.86. The number of halogens is 1. The highest BCUT2D eigenvalue weighted by molar-refractivity contribution is 5.91. The van der Waals surface area contributed by atoms with Crippen LogP contribution in [0.5, 0.6) is 5.75 Å². The lowest BCUT2D eigenvalue weighted by atomic mass is 10.1. The van der Waals surface area contributed by atoms with Gasteiger partial charge < -0.3 is 15.4 Å². The van der Waals surface area contributed by atoms with Gasteiger partial charge in [-0.25, -0.2) is 4.39 Å². The van der Waals surface area contributed by atoms with Crippen molar-refractivity contribution in [3.05, 3.63) is 65.5 Å². The van der Waals surface area contributed by atoms with Crippen LogP contribution in [0.4, 0.5) is 10.1 Å². The van der Waals surface area contributed by atoms with Crippen LogP contribution >= 0.6 is 0 Å². The Morgan fingerprint density at radius 1 is 1.22 bits per heavy atom. The van der Waals surface area contributed by atoms with E-state index in [9.17, 15) is 9.18 Å². The van der Waals surface area contributed by atoms with Crippen molar-refractivity contribution >= 4 is 17.7 Å². The van der Waals surface area contributed by atoms with Crippen LogP contribution in [-0.2, 0) is 11.4 Å². The van der Waals surface area contributed by atoms with Gasteiger partial charge in [0.1, 0.15) is 18.2 Å². The lowest BCUT2D eigenvalue weighted by molar-refractivity contribution is -0.123. The minimum Gasteiger partial charge on any atom is -0.487 e. The van der Waals surface area contributed by atoms with Crippen LogP contribution in [0.3, 0.4) is 0 Å². The molecule has 2 N–H and O–H groups in total. The Morgan fingerprint density at radius 3 is 2.52 bits per heavy atom. The summed E-state index contributed by atoms with van der Waals surface area (Å²) in [6.45, 7) is 0.304. The van der Waals surface area contributed by atoms with Gasteiger partial charge in [0.05, 0.1) is 5.69 Å². The van der Waals surface area contributed by atoms with E-state index in [2.05, 4.69) is 0 Å². The van der Waals surface area contributed by atoms with Gasteiger partial charge in [-0.3, -0.25) is 4.79 Å². The van der Waals surface area contributed by atoms with Gasteiger partial charge in [-0.2, -0.15) is 0 Å². The maximum absolute atomic E-state index is 12.8. The van der Waals surface area contributed by atoms with Crippen molar-refractivity contribution in [2.75, 3.05) is 19.8 Å². The van der Waals surface area contributed by atoms with E-state index < -0.39 is 0 Å². The van der Waals surface area contributed by atoms with E-state index in [0.717, 1.165) is 11.1 Å². The fourth-order valence-electron chi connectivity index (χ4n) is 1.86. The Hall–Kier alpha value is -2.82. The van der Waals surface area contributed by atoms with Gasteiger partial charge in [0.25, 0.3) is 0 Å². The Balaban J connectivity index is 2.01. The van der Waals surface area contributed by atoms with E-state index in [-0.39, 0.29) is 11.7 Å². The van der Waals surface area contributed by atoms with Crippen molar-refractivity contribution in [1.82, 2.24) is 4.90 Å². The molecule has 0 saturated heterocycles. The van der Waals surface area contributed by atoms with Crippen LogP contribution in [0.2, 0.25) is 0 Å². The van der Waals surface area contributed by atoms with E-state index in [1.807, 2.05) is 6.07 Å². The second kappa shape index (κ2) is 7.45. The van der Waals surface area contributed by atoms with E-state index >= 15 is 0 Å². The fraction of sp³-hybridized carbons (Fsp3) is 0.167. The molecule has 2 rings (SSSR count). The third-order valence-corrected chi connectivity index (χ3v) is 3.20. The zero-order chi connectivity index (χ0) is 16.8. The summed E-state index contributed by atoms with van der Waals surface area (Å²) in [6, 6.07) is 11.4. The van der Waals surface area contributed by atoms with E-state index in [1.165, 1.54) is 23.1 Å². The van der Waals surface area contributed by atoms with Crippen LogP contribution in [-0.4, -0.2) is 24.9 Å². The van der Waals surface area contributed by atoms with Gasteiger partial charge >= 0.3 is 0 Å². The molecule has 0 aliphatic heterocycles. The quantitative estimate of drug-likeness (QED) is 0.681. The molecule has 0 aromatic heterocycles. The average molecular weight is 314 g/mol. The van der Waals surface area contributed by atoms with E-state index in [1.54, 1.807) is 44.4 Å². The first-order valence-electron chi connectivity index (χ1n) is 7.12. The van der Waals surface area contributed by atoms with Crippen molar-refractivity contribution in [3.63, 3.8) is 0 Å². The van der Waals surface area contributed by atoms with Gasteiger partial charge in [0.2, 0.25) is 5.91 Å². The SMILES string of the molecule is CN(C)C(=O)/C=C\c1ccc(OCc2ccc(F)cc2)c(N)c1. The molecule has 2 aromatic rings. The molecule has 0 radical (unpaired) electrons. The van der Waals surface area contributed by atoms with Crippen molar-refractivity contribution in [3.8, 4) is 5.75 Å². The lowest BCUT2D eigenvalue weighted by Gasteiger charge is -2.10. The molecule has 0 heterocycles. The Kier molecular flexibility index (Phi) is 5.36. The molecule has 0 fully saturated rings. The Bertz CT molecular complexity index is 709. The zero-order valence-corrected chi connectivity index (χ0v) is 13.1. The molecule has 0 spiro atoms. The third-order valence-electron chi connectivity index (χ3n) is 3.20. The molecule has 0 bridgehead atoms. The first-order valence-corrected chi connectivity index (χ1v) is 7.12. The minimum atomic E-state index is -0.281. The van der Waals surface area contributed by atoms with Crippen molar-refractivity contribution in [2.45, 2.75) is 6.61 Å². The molecule has 5 heteroatoms. The number of nitrogens with two attached hydrogens (primary N) is 1. The summed E-state index contributed by atoms with van der Waals surface area (Å²) in [7, 11) is 3.38. The maximum Gasteiger partial charge on any atom is 0.246 e. The van der Waals surface area contributed by atoms with E-state index in [4.69, 9.17) is 10.5 Å². The predicted molar refractivity (Wildman–Crippen MR) is 89.3 cm³/mol. The summed E-state index contributed by atoms with van der Waals surface area (Å²) in [5.41, 5.74) is 8.10. The van der Waals surface area contributed by atoms with Gasteiger partial charge in [-0.1, -0.05) is 18.2 Å². The molecular weight excluding hydrogens is 295 g/mol. The molecule has 120 valence electrons. The minimum absolute atomic E-state index is 0.0970. The number of benzene rings is 2. The monoisotopic (exact) mass is 314 g/mol. The molecule has 1 amide bonds. The molecule has 0 atom stereocenters. The number of ether oxygens (including phenoxy) is 1. The van der Waals surface area contributed by atoms with Crippen molar-refractivity contribution in [1.29, 1.82) is 0 Å². The number of rotatable bonds is 5. The van der Waals surface area contributed by atoms with Crippen LogP contribution in [0.25, 0.3) is 6.08 Å². The molecule has 23 heavy (non-hydrogen) atoms. The summed E-state index contributed by atoms with van der Waals surface area (Å²) < 4.78 is 18.5. The zero-order valence-electron chi connectivity index (χ0n) is 13.1. The second-order valence-corrected chi connectivity index (χ2v) is 5.28. The van der Waals surface area contributed by atoms with Crippen LogP contribution in [0.1, 0.15) is 11.1 Å². The molecule has 0 aliphatic carbocycles. The molecular formula is C18H19FN2O2. The topological polar surface area (TPSA) is 55.6 Å².